The quantitative estimate of drug-likeness (QED) is 0.0703. The number of anilines is 6. The maximum absolute atomic E-state index is 3.69. The molecule has 0 aromatic heterocycles. The van der Waals surface area contributed by atoms with Crippen LogP contribution in [0.15, 0.2) is 264 Å². The first-order valence-corrected chi connectivity index (χ1v) is 28.3. The van der Waals surface area contributed by atoms with Crippen molar-refractivity contribution in [3.05, 3.63) is 275 Å². The highest BCUT2D eigenvalue weighted by Crippen LogP contribution is 2.38. The zero-order valence-electron chi connectivity index (χ0n) is 40.2. The highest BCUT2D eigenvalue weighted by Gasteiger charge is 2.41. The highest BCUT2D eigenvalue weighted by molar-refractivity contribution is 9.10. The van der Waals surface area contributed by atoms with Gasteiger partial charge in [0.1, 0.15) is 0 Å². The number of aryl methyl sites for hydroxylation is 2. The van der Waals surface area contributed by atoms with Crippen LogP contribution in [0.5, 0.6) is 0 Å². The van der Waals surface area contributed by atoms with Crippen LogP contribution in [0.4, 0.5) is 34.1 Å². The number of hydrogen-bond donors (Lipinski definition) is 0. The van der Waals surface area contributed by atoms with Crippen LogP contribution in [0.1, 0.15) is 37.8 Å². The van der Waals surface area contributed by atoms with Gasteiger partial charge >= 0.3 is 0 Å². The molecule has 5 heteroatoms. The van der Waals surface area contributed by atoms with Gasteiger partial charge < -0.3 is 9.80 Å². The van der Waals surface area contributed by atoms with E-state index in [1.54, 1.807) is 0 Å². The fourth-order valence-electron chi connectivity index (χ4n) is 10.1. The summed E-state index contributed by atoms with van der Waals surface area (Å²) in [5.41, 5.74) is 14.2. The Hall–Kier alpha value is -7.02. The molecule has 0 spiro atoms. The lowest BCUT2D eigenvalue weighted by molar-refractivity contribution is 0.922. The zero-order chi connectivity index (χ0) is 48.6. The predicted octanol–water partition coefficient (Wildman–Crippen LogP) is 16.8. The van der Waals surface area contributed by atoms with Gasteiger partial charge in [-0.05, 0) is 164 Å². The smallest absolute Gasteiger partial charge is 0.179 e. The van der Waals surface area contributed by atoms with Gasteiger partial charge in [0.15, 0.2) is 8.07 Å². The van der Waals surface area contributed by atoms with Crippen LogP contribution in [-0.4, -0.2) is 8.07 Å². The molecule has 0 atom stereocenters. The van der Waals surface area contributed by atoms with E-state index in [0.717, 1.165) is 68.8 Å². The lowest BCUT2D eigenvalue weighted by Gasteiger charge is -2.35. The average Bonchev–Trinajstić information content (AvgIpc) is 3.43. The molecule has 0 N–H and O–H groups in total. The fraction of sp³-hybridized carbons (Fsp3) is 0.0909. The molecule has 0 unspecified atom stereocenters. The Morgan fingerprint density at radius 2 is 0.521 bits per heavy atom. The van der Waals surface area contributed by atoms with Gasteiger partial charge in [0, 0.05) is 43.1 Å². The second-order valence-corrected chi connectivity index (χ2v) is 23.8. The third-order valence-corrected chi connectivity index (χ3v) is 19.5. The minimum atomic E-state index is -2.91. The standard InChI is InChI=1S/C66H56Br2N2Si/c1-3-11-49-17-21-51(22-18-49)53-25-33-57(34-26-53)69(59-37-29-55(67)30-38-59)61-41-45-65(46-42-61)71(63-13-7-5-8-14-63,64-15-9-6-10-16-64)66-47-43-62(44-48-66)70(60-39-31-56(68)32-40-60)58-35-27-54(28-36-58)52-23-19-50(12-4-2)20-24-52/h5-10,13-48H,3-4,11-12H2,1-2H3. The molecule has 10 rings (SSSR count). The van der Waals surface area contributed by atoms with Gasteiger partial charge in [-0.25, -0.2) is 0 Å². The van der Waals surface area contributed by atoms with Crippen LogP contribution >= 0.6 is 31.9 Å². The minimum Gasteiger partial charge on any atom is -0.311 e. The van der Waals surface area contributed by atoms with E-state index in [4.69, 9.17) is 0 Å². The van der Waals surface area contributed by atoms with Crippen LogP contribution in [0.3, 0.4) is 0 Å². The third kappa shape index (κ3) is 10.3. The van der Waals surface area contributed by atoms with Gasteiger partial charge in [-0.3, -0.25) is 0 Å². The Morgan fingerprint density at radius 3 is 0.803 bits per heavy atom. The van der Waals surface area contributed by atoms with Crippen LogP contribution in [0, 0.1) is 0 Å². The molecule has 0 heterocycles. The molecule has 0 aliphatic carbocycles. The summed E-state index contributed by atoms with van der Waals surface area (Å²) in [5.74, 6) is 0. The second kappa shape index (κ2) is 22.0. The fourth-order valence-corrected chi connectivity index (χ4v) is 15.3. The molecule has 0 aliphatic heterocycles. The van der Waals surface area contributed by atoms with Crippen molar-refractivity contribution in [2.45, 2.75) is 39.5 Å². The van der Waals surface area contributed by atoms with E-state index < -0.39 is 8.07 Å². The largest absolute Gasteiger partial charge is 0.311 e. The Bertz CT molecular complexity index is 3040. The van der Waals surface area contributed by atoms with Gasteiger partial charge in [-0.15, -0.1) is 0 Å². The van der Waals surface area contributed by atoms with Crippen LogP contribution in [0.2, 0.25) is 0 Å². The molecule has 0 amide bonds. The van der Waals surface area contributed by atoms with E-state index >= 15 is 0 Å². The monoisotopic (exact) mass is 1060 g/mol. The van der Waals surface area contributed by atoms with Crippen molar-refractivity contribution < 1.29 is 0 Å². The van der Waals surface area contributed by atoms with E-state index in [1.165, 1.54) is 54.1 Å². The third-order valence-electron chi connectivity index (χ3n) is 13.6. The van der Waals surface area contributed by atoms with Crippen molar-refractivity contribution in [2.75, 3.05) is 9.80 Å². The lowest BCUT2D eigenvalue weighted by atomic mass is 10.0. The first-order chi connectivity index (χ1) is 34.9. The Labute approximate surface area is 438 Å². The van der Waals surface area contributed by atoms with Gasteiger partial charge in [0.2, 0.25) is 0 Å². The molecule has 0 saturated carbocycles. The minimum absolute atomic E-state index is 1.05. The second-order valence-electron chi connectivity index (χ2n) is 18.2. The van der Waals surface area contributed by atoms with Gasteiger partial charge in [0.25, 0.3) is 0 Å². The maximum Gasteiger partial charge on any atom is 0.179 e. The molecule has 71 heavy (non-hydrogen) atoms. The summed E-state index contributed by atoms with van der Waals surface area (Å²) < 4.78 is 2.10. The number of halogens is 2. The number of rotatable bonds is 16. The molecule has 0 saturated heterocycles. The molecule has 0 fully saturated rings. The van der Waals surface area contributed by atoms with E-state index in [1.807, 2.05) is 0 Å². The zero-order valence-corrected chi connectivity index (χ0v) is 44.4. The summed E-state index contributed by atoms with van der Waals surface area (Å²) in [7, 11) is -2.91. The normalized spacial score (nSPS) is 11.3. The molecule has 10 aromatic rings. The van der Waals surface area contributed by atoms with Crippen LogP contribution < -0.4 is 30.5 Å². The first-order valence-electron chi connectivity index (χ1n) is 24.7. The number of benzene rings is 10. The SMILES string of the molecule is CCCc1ccc(-c2ccc(N(c3ccc(Br)cc3)c3ccc([Si](c4ccccc4)(c4ccccc4)c4ccc(N(c5ccc(Br)cc5)c5ccc(-c6ccc(CCC)cc6)cc5)cc4)cc3)cc2)cc1. The first kappa shape index (κ1) is 47.6. The molecule has 348 valence electrons. The van der Waals surface area contributed by atoms with E-state index in [2.05, 4.69) is 310 Å². The van der Waals surface area contributed by atoms with Gasteiger partial charge in [0.05, 0.1) is 0 Å². The summed E-state index contributed by atoms with van der Waals surface area (Å²) in [4.78, 5) is 4.72. The summed E-state index contributed by atoms with van der Waals surface area (Å²) in [6.45, 7) is 4.46. The van der Waals surface area contributed by atoms with Gasteiger partial charge in [-0.2, -0.15) is 0 Å². The predicted molar refractivity (Wildman–Crippen MR) is 314 cm³/mol. The lowest BCUT2D eigenvalue weighted by Crippen LogP contribution is -2.74. The van der Waals surface area contributed by atoms with Crippen LogP contribution in [-0.2, 0) is 12.8 Å². The number of hydrogen-bond acceptors (Lipinski definition) is 2. The Kier molecular flexibility index (Phi) is 14.7. The Balaban J connectivity index is 1.05. The summed E-state index contributed by atoms with van der Waals surface area (Å²) in [6.07, 6.45) is 4.50. The van der Waals surface area contributed by atoms with Crippen LogP contribution in [0.25, 0.3) is 22.3 Å². The summed E-state index contributed by atoms with van der Waals surface area (Å²) in [6, 6.07) is 94.5. The summed E-state index contributed by atoms with van der Waals surface area (Å²) in [5, 5.41) is 5.29. The molecule has 10 aromatic carbocycles. The van der Waals surface area contributed by atoms with Crippen molar-refractivity contribution in [1.82, 2.24) is 0 Å². The van der Waals surface area contributed by atoms with Crippen molar-refractivity contribution >= 4 is 94.8 Å². The molecule has 2 nitrogen and oxygen atoms in total. The van der Waals surface area contributed by atoms with E-state index in [0.29, 0.717) is 0 Å². The van der Waals surface area contributed by atoms with Gasteiger partial charge in [-0.1, -0.05) is 216 Å². The highest BCUT2D eigenvalue weighted by atomic mass is 79.9. The molecular weight excluding hydrogens is 1010 g/mol. The average molecular weight is 1070 g/mol. The van der Waals surface area contributed by atoms with Crippen molar-refractivity contribution in [2.24, 2.45) is 0 Å². The maximum atomic E-state index is 3.69. The molecular formula is C66H56Br2N2Si. The molecule has 0 aliphatic rings. The molecule has 0 radical (unpaired) electrons. The molecule has 0 bridgehead atoms. The van der Waals surface area contributed by atoms with Crippen molar-refractivity contribution in [3.63, 3.8) is 0 Å². The van der Waals surface area contributed by atoms with Crippen molar-refractivity contribution in [3.8, 4) is 22.3 Å². The summed E-state index contributed by atoms with van der Waals surface area (Å²) >= 11 is 7.38. The van der Waals surface area contributed by atoms with E-state index in [9.17, 15) is 0 Å². The van der Waals surface area contributed by atoms with Crippen molar-refractivity contribution in [1.29, 1.82) is 0 Å². The topological polar surface area (TPSA) is 6.48 Å². The number of nitrogens with zero attached hydrogens (tertiary/aromatic N) is 2. The van der Waals surface area contributed by atoms with E-state index in [-0.39, 0.29) is 0 Å². The Morgan fingerprint density at radius 1 is 0.282 bits per heavy atom.